The first-order chi connectivity index (χ1) is 13.2. The third-order valence-electron chi connectivity index (χ3n) is 4.11. The van der Waals surface area contributed by atoms with E-state index in [2.05, 4.69) is 38.8 Å². The molecule has 4 rings (SSSR count). The topological polar surface area (TPSA) is 43.6 Å². The first-order valence-electron chi connectivity index (χ1n) is 8.51. The molecule has 0 aliphatic carbocycles. The summed E-state index contributed by atoms with van der Waals surface area (Å²) in [6.07, 6.45) is 3.49. The lowest BCUT2D eigenvalue weighted by molar-refractivity contribution is 0.627. The number of pyridine rings is 1. The summed E-state index contributed by atoms with van der Waals surface area (Å²) in [7, 11) is 0. The molecule has 0 N–H and O–H groups in total. The molecule has 2 aromatic heterocycles. The molecule has 0 saturated heterocycles. The zero-order valence-electron chi connectivity index (χ0n) is 14.7. The normalized spacial score (nSPS) is 10.9. The van der Waals surface area contributed by atoms with Crippen molar-refractivity contribution in [2.24, 2.45) is 0 Å². The summed E-state index contributed by atoms with van der Waals surface area (Å²) in [4.78, 5) is 4.08. The molecule has 0 bridgehead atoms. The van der Waals surface area contributed by atoms with Crippen molar-refractivity contribution in [2.75, 3.05) is 0 Å². The van der Waals surface area contributed by atoms with Crippen LogP contribution >= 0.6 is 11.8 Å². The zero-order chi connectivity index (χ0) is 18.6. The predicted molar refractivity (Wildman–Crippen MR) is 105 cm³/mol. The number of hydrogen-bond donors (Lipinski definition) is 0. The lowest BCUT2D eigenvalue weighted by Crippen LogP contribution is -2.00. The standard InChI is InChI=1S/C21H17FN4S/c1-15-3-2-4-19(13-15)26-20(17-9-11-23-12-10-17)24-25-21(26)27-14-16-5-7-18(22)8-6-16/h2-13H,14H2,1H3. The molecule has 0 saturated carbocycles. The monoisotopic (exact) mass is 376 g/mol. The van der Waals surface area contributed by atoms with E-state index in [0.717, 1.165) is 33.4 Å². The Bertz CT molecular complexity index is 1050. The molecule has 2 aromatic carbocycles. The molecular weight excluding hydrogens is 359 g/mol. The van der Waals surface area contributed by atoms with Gasteiger partial charge in [0.05, 0.1) is 0 Å². The van der Waals surface area contributed by atoms with E-state index in [1.165, 1.54) is 12.1 Å². The lowest BCUT2D eigenvalue weighted by Gasteiger charge is -2.11. The van der Waals surface area contributed by atoms with Crippen LogP contribution in [0.5, 0.6) is 0 Å². The van der Waals surface area contributed by atoms with E-state index in [-0.39, 0.29) is 5.82 Å². The number of aromatic nitrogens is 4. The Morgan fingerprint density at radius 1 is 0.963 bits per heavy atom. The van der Waals surface area contributed by atoms with Crippen LogP contribution in [-0.2, 0) is 5.75 Å². The van der Waals surface area contributed by atoms with Gasteiger partial charge < -0.3 is 0 Å². The molecule has 0 unspecified atom stereocenters. The number of halogens is 1. The van der Waals surface area contributed by atoms with E-state index in [1.54, 1.807) is 36.3 Å². The minimum absolute atomic E-state index is 0.230. The van der Waals surface area contributed by atoms with Crippen LogP contribution in [-0.4, -0.2) is 19.7 Å². The largest absolute Gasteiger partial charge is 0.270 e. The van der Waals surface area contributed by atoms with E-state index in [9.17, 15) is 4.39 Å². The summed E-state index contributed by atoms with van der Waals surface area (Å²) in [5, 5.41) is 9.62. The maximum absolute atomic E-state index is 13.1. The first-order valence-corrected chi connectivity index (χ1v) is 9.49. The highest BCUT2D eigenvalue weighted by Crippen LogP contribution is 2.29. The van der Waals surface area contributed by atoms with Crippen molar-refractivity contribution in [3.8, 4) is 17.1 Å². The van der Waals surface area contributed by atoms with E-state index in [4.69, 9.17) is 0 Å². The number of benzene rings is 2. The van der Waals surface area contributed by atoms with Crippen LogP contribution in [0.2, 0.25) is 0 Å². The first kappa shape index (κ1) is 17.4. The summed E-state index contributed by atoms with van der Waals surface area (Å²) in [5.74, 6) is 1.22. The number of thioether (sulfide) groups is 1. The van der Waals surface area contributed by atoms with Gasteiger partial charge in [0.15, 0.2) is 11.0 Å². The van der Waals surface area contributed by atoms with Crippen molar-refractivity contribution in [1.82, 2.24) is 19.7 Å². The van der Waals surface area contributed by atoms with Gasteiger partial charge in [0.1, 0.15) is 5.82 Å². The molecule has 0 fully saturated rings. The van der Waals surface area contributed by atoms with Gasteiger partial charge in [-0.1, -0.05) is 36.0 Å². The van der Waals surface area contributed by atoms with E-state index < -0.39 is 0 Å². The second-order valence-corrected chi connectivity index (χ2v) is 7.07. The number of hydrogen-bond acceptors (Lipinski definition) is 4. The third kappa shape index (κ3) is 3.90. The van der Waals surface area contributed by atoms with E-state index in [1.807, 2.05) is 24.3 Å². The van der Waals surface area contributed by atoms with Gasteiger partial charge in [-0.25, -0.2) is 4.39 Å². The van der Waals surface area contributed by atoms with Crippen LogP contribution < -0.4 is 0 Å². The molecule has 0 aliphatic rings. The SMILES string of the molecule is Cc1cccc(-n2c(SCc3ccc(F)cc3)nnc2-c2ccncc2)c1. The molecule has 6 heteroatoms. The van der Waals surface area contributed by atoms with Crippen molar-refractivity contribution >= 4 is 11.8 Å². The van der Waals surface area contributed by atoms with Gasteiger partial charge in [0.2, 0.25) is 0 Å². The minimum atomic E-state index is -0.230. The van der Waals surface area contributed by atoms with Crippen LogP contribution in [0, 0.1) is 12.7 Å². The van der Waals surface area contributed by atoms with Crippen LogP contribution in [0.25, 0.3) is 17.1 Å². The van der Waals surface area contributed by atoms with Gasteiger partial charge in [0.25, 0.3) is 0 Å². The van der Waals surface area contributed by atoms with Gasteiger partial charge >= 0.3 is 0 Å². The van der Waals surface area contributed by atoms with Crippen molar-refractivity contribution in [3.63, 3.8) is 0 Å². The second-order valence-electron chi connectivity index (χ2n) is 6.13. The zero-order valence-corrected chi connectivity index (χ0v) is 15.5. The summed E-state index contributed by atoms with van der Waals surface area (Å²) < 4.78 is 15.2. The molecule has 4 aromatic rings. The quantitative estimate of drug-likeness (QED) is 0.456. The molecule has 0 radical (unpaired) electrons. The Morgan fingerprint density at radius 2 is 1.74 bits per heavy atom. The average Bonchev–Trinajstić information content (AvgIpc) is 3.12. The Labute approximate surface area is 161 Å². The fourth-order valence-corrected chi connectivity index (χ4v) is 3.69. The Kier molecular flexibility index (Phi) is 4.98. The third-order valence-corrected chi connectivity index (χ3v) is 5.11. The number of rotatable bonds is 5. The molecular formula is C21H17FN4S. The van der Waals surface area contributed by atoms with Gasteiger partial charge in [-0.3, -0.25) is 9.55 Å². The fourth-order valence-electron chi connectivity index (χ4n) is 2.78. The fraction of sp³-hybridized carbons (Fsp3) is 0.0952. The maximum Gasteiger partial charge on any atom is 0.196 e. The summed E-state index contributed by atoms with van der Waals surface area (Å²) in [6, 6.07) is 18.6. The molecule has 0 atom stereocenters. The molecule has 27 heavy (non-hydrogen) atoms. The summed E-state index contributed by atoms with van der Waals surface area (Å²) in [6.45, 7) is 2.06. The average molecular weight is 376 g/mol. The van der Waals surface area contributed by atoms with Crippen LogP contribution in [0.4, 0.5) is 4.39 Å². The molecule has 4 nitrogen and oxygen atoms in total. The molecule has 0 spiro atoms. The Morgan fingerprint density at radius 3 is 2.48 bits per heavy atom. The molecule has 0 amide bonds. The number of aryl methyl sites for hydroxylation is 1. The highest BCUT2D eigenvalue weighted by Gasteiger charge is 2.16. The van der Waals surface area contributed by atoms with Gasteiger partial charge in [0, 0.05) is 29.4 Å². The van der Waals surface area contributed by atoms with Crippen molar-refractivity contribution < 1.29 is 4.39 Å². The van der Waals surface area contributed by atoms with E-state index >= 15 is 0 Å². The van der Waals surface area contributed by atoms with Gasteiger partial charge in [-0.2, -0.15) is 0 Å². The van der Waals surface area contributed by atoms with E-state index in [0.29, 0.717) is 5.75 Å². The molecule has 134 valence electrons. The van der Waals surface area contributed by atoms with Crippen LogP contribution in [0.1, 0.15) is 11.1 Å². The second kappa shape index (κ2) is 7.72. The predicted octanol–water partition coefficient (Wildman–Crippen LogP) is 5.07. The van der Waals surface area contributed by atoms with Gasteiger partial charge in [-0.15, -0.1) is 10.2 Å². The van der Waals surface area contributed by atoms with Crippen molar-refractivity contribution in [2.45, 2.75) is 17.8 Å². The van der Waals surface area contributed by atoms with Gasteiger partial charge in [-0.05, 0) is 54.4 Å². The minimum Gasteiger partial charge on any atom is -0.270 e. The number of nitrogens with zero attached hydrogens (tertiary/aromatic N) is 4. The summed E-state index contributed by atoms with van der Waals surface area (Å²) >= 11 is 1.57. The highest BCUT2D eigenvalue weighted by atomic mass is 32.2. The summed E-state index contributed by atoms with van der Waals surface area (Å²) in [5.41, 5.74) is 4.16. The van der Waals surface area contributed by atoms with Crippen LogP contribution in [0.15, 0.2) is 78.2 Å². The smallest absolute Gasteiger partial charge is 0.196 e. The maximum atomic E-state index is 13.1. The molecule has 2 heterocycles. The Balaban J connectivity index is 1.73. The lowest BCUT2D eigenvalue weighted by atomic mass is 10.2. The Hall–Kier alpha value is -2.99. The van der Waals surface area contributed by atoms with Crippen molar-refractivity contribution in [3.05, 3.63) is 90.0 Å². The van der Waals surface area contributed by atoms with Crippen molar-refractivity contribution in [1.29, 1.82) is 0 Å². The van der Waals surface area contributed by atoms with Crippen LogP contribution in [0.3, 0.4) is 0 Å². The highest BCUT2D eigenvalue weighted by molar-refractivity contribution is 7.98. The molecule has 0 aliphatic heterocycles.